The second kappa shape index (κ2) is 19.8. The zero-order valence-corrected chi connectivity index (χ0v) is 33.5. The summed E-state index contributed by atoms with van der Waals surface area (Å²) in [4.78, 5) is 105. The number of carbonyl (C=O) groups is 7. The molecule has 57 heavy (non-hydrogen) atoms. The first-order valence-electron chi connectivity index (χ1n) is 19.6. The molecule has 5 atom stereocenters. The van der Waals surface area contributed by atoms with Gasteiger partial charge in [-0.2, -0.15) is 8.78 Å². The van der Waals surface area contributed by atoms with E-state index in [1.807, 2.05) is 29.6 Å². The molecule has 1 aromatic heterocycles. The fourth-order valence-corrected chi connectivity index (χ4v) is 7.32. The third-order valence-electron chi connectivity index (χ3n) is 10.6. The van der Waals surface area contributed by atoms with Crippen molar-refractivity contribution >= 4 is 41.2 Å². The van der Waals surface area contributed by atoms with Crippen LogP contribution in [0.2, 0.25) is 0 Å². The lowest BCUT2D eigenvalue weighted by Gasteiger charge is -2.32. The minimum absolute atomic E-state index is 0.0869. The standard InChI is InChI=1S/C41H54F2N6O8/c1-7-11-27(36(52)41(42,43)39(55)45-8-2)18-34(51)32-19-29(57-40(56)48-17-14-26-12-9-10-13-28(26)22-48)23-49(32)38(54)35(25(5)6)47-37(53)30(24(3)4)20-33(50)31-21-44-15-16-46-31/h9-10,12-13,15-16,21,24-25,27,29-30,32,35H,7-8,11,14,17-20,22-23H2,1-6H3,(H,45,55)(H,47,53)/t27-,29-,30+,32+,35+/m1/s1. The molecule has 0 radical (unpaired) electrons. The Morgan fingerprint density at radius 3 is 2.28 bits per heavy atom. The average molecular weight is 797 g/mol. The summed E-state index contributed by atoms with van der Waals surface area (Å²) in [6.45, 7) is 10.3. The van der Waals surface area contributed by atoms with Crippen molar-refractivity contribution in [1.29, 1.82) is 0 Å². The van der Waals surface area contributed by atoms with Gasteiger partial charge in [-0.05, 0) is 42.7 Å². The number of hydrogen-bond acceptors (Lipinski definition) is 10. The summed E-state index contributed by atoms with van der Waals surface area (Å²) in [6, 6.07) is 5.18. The first kappa shape index (κ1) is 44.6. The quantitative estimate of drug-likeness (QED) is 0.163. The molecule has 2 N–H and O–H groups in total. The van der Waals surface area contributed by atoms with E-state index in [9.17, 15) is 33.6 Å². The molecule has 2 aliphatic heterocycles. The molecule has 16 heteroatoms. The van der Waals surface area contributed by atoms with E-state index in [1.54, 1.807) is 34.6 Å². The van der Waals surface area contributed by atoms with Crippen LogP contribution in [0.4, 0.5) is 13.6 Å². The first-order valence-corrected chi connectivity index (χ1v) is 19.6. The summed E-state index contributed by atoms with van der Waals surface area (Å²) < 4.78 is 35.9. The van der Waals surface area contributed by atoms with E-state index >= 15 is 8.78 Å². The molecule has 0 unspecified atom stereocenters. The van der Waals surface area contributed by atoms with E-state index in [-0.39, 0.29) is 50.4 Å². The van der Waals surface area contributed by atoms with Gasteiger partial charge in [0.25, 0.3) is 5.91 Å². The van der Waals surface area contributed by atoms with Crippen molar-refractivity contribution < 1.29 is 47.1 Å². The largest absolute Gasteiger partial charge is 0.444 e. The number of likely N-dealkylation sites (tertiary alicyclic amines) is 1. The smallest absolute Gasteiger partial charge is 0.410 e. The fraction of sp³-hybridized carbons (Fsp3) is 0.585. The Kier molecular flexibility index (Phi) is 15.5. The van der Waals surface area contributed by atoms with Crippen molar-refractivity contribution in [1.82, 2.24) is 30.4 Å². The van der Waals surface area contributed by atoms with E-state index in [0.717, 1.165) is 11.1 Å². The Morgan fingerprint density at radius 1 is 0.965 bits per heavy atom. The topological polar surface area (TPSA) is 185 Å². The zero-order valence-electron chi connectivity index (χ0n) is 33.5. The van der Waals surface area contributed by atoms with E-state index in [2.05, 4.69) is 15.3 Å². The summed E-state index contributed by atoms with van der Waals surface area (Å²) in [7, 11) is 0. The molecule has 1 aromatic carbocycles. The van der Waals surface area contributed by atoms with Gasteiger partial charge in [-0.3, -0.25) is 33.8 Å². The minimum atomic E-state index is -4.39. The molecule has 14 nitrogen and oxygen atoms in total. The van der Waals surface area contributed by atoms with Crippen LogP contribution in [0, 0.1) is 23.7 Å². The number of benzene rings is 1. The summed E-state index contributed by atoms with van der Waals surface area (Å²) >= 11 is 0. The fourth-order valence-electron chi connectivity index (χ4n) is 7.32. The van der Waals surface area contributed by atoms with Crippen LogP contribution in [0.1, 0.15) is 95.3 Å². The van der Waals surface area contributed by atoms with Crippen LogP contribution < -0.4 is 10.6 Å². The van der Waals surface area contributed by atoms with Gasteiger partial charge in [0, 0.05) is 63.1 Å². The van der Waals surface area contributed by atoms with Crippen LogP contribution in [-0.4, -0.2) is 105 Å². The lowest BCUT2D eigenvalue weighted by atomic mass is 9.87. The SMILES string of the molecule is CCC[C@H](CC(=O)[C@@H]1C[C@@H](OC(=O)N2CCc3ccccc3C2)CN1C(=O)[C@@H](NC(=O)[C@@H](CC(=O)c1cnccn1)C(C)C)C(C)C)C(=O)C(F)(F)C(=O)NCC. The third kappa shape index (κ3) is 11.0. The maximum atomic E-state index is 15.0. The zero-order chi connectivity index (χ0) is 42.0. The van der Waals surface area contributed by atoms with Gasteiger partial charge < -0.3 is 25.2 Å². The maximum Gasteiger partial charge on any atom is 0.410 e. The highest BCUT2D eigenvalue weighted by atomic mass is 19.3. The van der Waals surface area contributed by atoms with E-state index in [0.29, 0.717) is 19.5 Å². The van der Waals surface area contributed by atoms with Gasteiger partial charge in [0.15, 0.2) is 11.6 Å². The number of carbonyl (C=O) groups excluding carboxylic acids is 7. The maximum absolute atomic E-state index is 15.0. The van der Waals surface area contributed by atoms with Crippen molar-refractivity contribution in [3.63, 3.8) is 0 Å². The molecule has 1 fully saturated rings. The highest BCUT2D eigenvalue weighted by molar-refractivity contribution is 6.09. The number of halogens is 2. The number of ether oxygens (including phenoxy) is 1. The third-order valence-corrected chi connectivity index (χ3v) is 10.6. The molecule has 2 aromatic rings. The summed E-state index contributed by atoms with van der Waals surface area (Å²) in [5.74, 6) is -13.5. The molecule has 0 saturated carbocycles. The molecule has 1 saturated heterocycles. The number of alkyl halides is 2. The Hall–Kier alpha value is -5.15. The number of rotatable bonds is 18. The molecule has 0 aliphatic carbocycles. The molecule has 3 heterocycles. The van der Waals surface area contributed by atoms with Gasteiger partial charge in [0.05, 0.1) is 18.8 Å². The van der Waals surface area contributed by atoms with Crippen molar-refractivity contribution in [3.05, 3.63) is 59.7 Å². The van der Waals surface area contributed by atoms with Crippen molar-refractivity contribution in [2.24, 2.45) is 23.7 Å². The van der Waals surface area contributed by atoms with Crippen molar-refractivity contribution in [2.45, 2.75) is 111 Å². The number of amides is 4. The number of fused-ring (bicyclic) bond motifs is 1. The molecule has 0 spiro atoms. The number of nitrogens with zero attached hydrogens (tertiary/aromatic N) is 4. The Labute approximate surface area is 331 Å². The molecular weight excluding hydrogens is 742 g/mol. The van der Waals surface area contributed by atoms with Crippen LogP contribution in [0.25, 0.3) is 0 Å². The Bertz CT molecular complexity index is 1790. The molecule has 0 bridgehead atoms. The van der Waals surface area contributed by atoms with Crippen LogP contribution in [0.5, 0.6) is 0 Å². The molecule has 4 amide bonds. The second-order valence-corrected chi connectivity index (χ2v) is 15.4. The van der Waals surface area contributed by atoms with Gasteiger partial charge in [0.1, 0.15) is 17.8 Å². The monoisotopic (exact) mass is 796 g/mol. The van der Waals surface area contributed by atoms with E-state index < -0.39 is 89.4 Å². The van der Waals surface area contributed by atoms with E-state index in [4.69, 9.17) is 4.74 Å². The molecule has 4 rings (SSSR count). The second-order valence-electron chi connectivity index (χ2n) is 15.4. The normalized spacial score (nSPS) is 18.4. The highest BCUT2D eigenvalue weighted by Gasteiger charge is 2.51. The van der Waals surface area contributed by atoms with Crippen LogP contribution >= 0.6 is 0 Å². The van der Waals surface area contributed by atoms with Gasteiger partial charge >= 0.3 is 12.0 Å². The lowest BCUT2D eigenvalue weighted by Crippen LogP contribution is -2.55. The molecule has 310 valence electrons. The predicted octanol–water partition coefficient (Wildman–Crippen LogP) is 4.34. The van der Waals surface area contributed by atoms with Crippen LogP contribution in [0.15, 0.2) is 42.9 Å². The van der Waals surface area contributed by atoms with Gasteiger partial charge in [0.2, 0.25) is 17.6 Å². The Balaban J connectivity index is 1.59. The van der Waals surface area contributed by atoms with Crippen molar-refractivity contribution in [3.8, 4) is 0 Å². The lowest BCUT2D eigenvalue weighted by molar-refractivity contribution is -0.162. The predicted molar refractivity (Wildman–Crippen MR) is 204 cm³/mol. The van der Waals surface area contributed by atoms with E-state index in [1.165, 1.54) is 35.3 Å². The van der Waals surface area contributed by atoms with Crippen molar-refractivity contribution in [2.75, 3.05) is 19.6 Å². The number of ketones is 3. The summed E-state index contributed by atoms with van der Waals surface area (Å²) in [5, 5.41) is 4.75. The number of Topliss-reactive ketones (excluding diaryl/α,β-unsaturated/α-hetero) is 3. The average Bonchev–Trinajstić information content (AvgIpc) is 3.61. The van der Waals surface area contributed by atoms with Crippen LogP contribution in [0.3, 0.4) is 0 Å². The number of hydrogen-bond donors (Lipinski definition) is 2. The number of aromatic nitrogens is 2. The first-order chi connectivity index (χ1) is 27.0. The van der Waals surface area contributed by atoms with Gasteiger partial charge in [-0.1, -0.05) is 65.3 Å². The molecule has 2 aliphatic rings. The minimum Gasteiger partial charge on any atom is -0.444 e. The van der Waals surface area contributed by atoms with Crippen LogP contribution in [-0.2, 0) is 41.7 Å². The summed E-state index contributed by atoms with van der Waals surface area (Å²) in [6.07, 6.45) is 2.09. The number of nitrogens with one attached hydrogen (secondary N) is 2. The summed E-state index contributed by atoms with van der Waals surface area (Å²) in [5.41, 5.74) is 2.16. The van der Waals surface area contributed by atoms with Gasteiger partial charge in [-0.15, -0.1) is 0 Å². The molecular formula is C41H54F2N6O8. The highest BCUT2D eigenvalue weighted by Crippen LogP contribution is 2.31. The Morgan fingerprint density at radius 2 is 1.67 bits per heavy atom. The van der Waals surface area contributed by atoms with Gasteiger partial charge in [-0.25, -0.2) is 9.78 Å².